The molecule has 0 radical (unpaired) electrons. The maximum absolute atomic E-state index is 13.6. The molecular weight excluding hydrogens is 466 g/mol. The minimum absolute atomic E-state index is 0.138. The maximum Gasteiger partial charge on any atom is 0.282 e. The Morgan fingerprint density at radius 3 is 2.63 bits per heavy atom. The van der Waals surface area contributed by atoms with Crippen LogP contribution in [0.2, 0.25) is 5.02 Å². The number of aryl methyl sites for hydroxylation is 1. The molecule has 0 saturated carbocycles. The zero-order chi connectivity index (χ0) is 24.7. The predicted molar refractivity (Wildman–Crippen MR) is 137 cm³/mol. The summed E-state index contributed by atoms with van der Waals surface area (Å²) < 4.78 is 17.8. The van der Waals surface area contributed by atoms with Gasteiger partial charge in [-0.15, -0.1) is 0 Å². The normalized spacial score (nSPS) is 12.7. The Morgan fingerprint density at radius 1 is 1.14 bits per heavy atom. The number of fused-ring (bicyclic) bond motifs is 2. The highest BCUT2D eigenvalue weighted by Crippen LogP contribution is 2.37. The summed E-state index contributed by atoms with van der Waals surface area (Å²) in [6.07, 6.45) is 1.54. The fourth-order valence-corrected chi connectivity index (χ4v) is 4.33. The lowest BCUT2D eigenvalue weighted by Gasteiger charge is -2.17. The molecule has 2 heterocycles. The summed E-state index contributed by atoms with van der Waals surface area (Å²) in [7, 11) is 1.66. The highest BCUT2D eigenvalue weighted by Gasteiger charge is 2.19. The Kier molecular flexibility index (Phi) is 5.94. The van der Waals surface area contributed by atoms with E-state index >= 15 is 0 Å². The molecule has 4 aromatic rings. The monoisotopic (exact) mass is 489 g/mol. The van der Waals surface area contributed by atoms with Crippen LogP contribution >= 0.6 is 11.6 Å². The molecule has 8 heteroatoms. The van der Waals surface area contributed by atoms with E-state index in [2.05, 4.69) is 18.9 Å². The average Bonchev–Trinajstić information content (AvgIpc) is 3.30. The second-order valence-electron chi connectivity index (χ2n) is 8.60. The lowest BCUT2D eigenvalue weighted by atomic mass is 9.96. The summed E-state index contributed by atoms with van der Waals surface area (Å²) in [6, 6.07) is 14.6. The molecule has 1 aliphatic heterocycles. The number of benzene rings is 3. The molecule has 5 rings (SSSR count). The number of aromatic nitrogens is 2. The first-order chi connectivity index (χ1) is 16.9. The van der Waals surface area contributed by atoms with Crippen molar-refractivity contribution < 1.29 is 14.2 Å². The molecule has 0 bridgehead atoms. The molecular formula is C27H24ClN3O4. The van der Waals surface area contributed by atoms with Crippen LogP contribution in [0.1, 0.15) is 36.5 Å². The van der Waals surface area contributed by atoms with Crippen LogP contribution in [0, 0.1) is 6.92 Å². The number of ether oxygens (including phenoxy) is 3. The van der Waals surface area contributed by atoms with Crippen LogP contribution in [0.3, 0.4) is 0 Å². The Labute approximate surface area is 207 Å². The van der Waals surface area contributed by atoms with E-state index in [9.17, 15) is 4.79 Å². The van der Waals surface area contributed by atoms with Gasteiger partial charge in [0.1, 0.15) is 5.75 Å². The minimum Gasteiger partial charge on any atom is -0.496 e. The molecule has 0 N–H and O–H groups in total. The SMILES string of the molecule is COc1cc(C)c(-c2nc3ccccc3c(=O)n2N=Cc2cc3c(cc2Cl)OCO3)cc1C(C)C. The van der Waals surface area contributed by atoms with Gasteiger partial charge in [-0.2, -0.15) is 9.78 Å². The van der Waals surface area contributed by atoms with E-state index in [-0.39, 0.29) is 18.3 Å². The third-order valence-corrected chi connectivity index (χ3v) is 6.32. The first kappa shape index (κ1) is 22.9. The van der Waals surface area contributed by atoms with Gasteiger partial charge in [-0.05, 0) is 54.3 Å². The van der Waals surface area contributed by atoms with Crippen LogP contribution in [0.25, 0.3) is 22.3 Å². The van der Waals surface area contributed by atoms with Crippen LogP contribution < -0.4 is 19.8 Å². The van der Waals surface area contributed by atoms with Crippen molar-refractivity contribution in [2.45, 2.75) is 26.7 Å². The van der Waals surface area contributed by atoms with Crippen molar-refractivity contribution in [1.82, 2.24) is 9.66 Å². The highest BCUT2D eigenvalue weighted by atomic mass is 35.5. The average molecular weight is 490 g/mol. The van der Waals surface area contributed by atoms with E-state index in [0.717, 1.165) is 22.4 Å². The van der Waals surface area contributed by atoms with Crippen LogP contribution in [-0.4, -0.2) is 29.8 Å². The molecule has 0 unspecified atom stereocenters. The summed E-state index contributed by atoms with van der Waals surface area (Å²) in [5.41, 5.74) is 3.65. The molecule has 7 nitrogen and oxygen atoms in total. The van der Waals surface area contributed by atoms with E-state index in [4.69, 9.17) is 30.8 Å². The lowest BCUT2D eigenvalue weighted by Crippen LogP contribution is -2.20. The van der Waals surface area contributed by atoms with Crippen molar-refractivity contribution in [3.05, 3.63) is 80.6 Å². The van der Waals surface area contributed by atoms with Crippen molar-refractivity contribution in [3.63, 3.8) is 0 Å². The topological polar surface area (TPSA) is 74.9 Å². The smallest absolute Gasteiger partial charge is 0.282 e. The molecule has 1 aliphatic rings. The standard InChI is InChI=1S/C27H24ClN3O4/c1-15(2)19-11-20(16(3)9-23(19)33-4)26-30-22-8-6-5-7-18(22)27(32)31(26)29-13-17-10-24-25(12-21(17)28)35-14-34-24/h5-13,15H,14H2,1-4H3. The number of hydrogen-bond donors (Lipinski definition) is 0. The number of hydrogen-bond acceptors (Lipinski definition) is 6. The van der Waals surface area contributed by atoms with Crippen LogP contribution in [0.5, 0.6) is 17.2 Å². The summed E-state index contributed by atoms with van der Waals surface area (Å²) in [4.78, 5) is 18.4. The van der Waals surface area contributed by atoms with E-state index < -0.39 is 0 Å². The molecule has 0 spiro atoms. The molecule has 0 fully saturated rings. The predicted octanol–water partition coefficient (Wildman–Crippen LogP) is 5.77. The van der Waals surface area contributed by atoms with Gasteiger partial charge in [0.2, 0.25) is 6.79 Å². The Morgan fingerprint density at radius 2 is 1.89 bits per heavy atom. The molecule has 1 aromatic heterocycles. The van der Waals surface area contributed by atoms with E-state index in [0.29, 0.717) is 38.8 Å². The summed E-state index contributed by atoms with van der Waals surface area (Å²) in [5, 5.41) is 5.46. The van der Waals surface area contributed by atoms with Crippen LogP contribution in [0.15, 0.2) is 58.4 Å². The number of nitrogens with zero attached hydrogens (tertiary/aromatic N) is 3. The quantitative estimate of drug-likeness (QED) is 0.333. The van der Waals surface area contributed by atoms with Gasteiger partial charge in [0.25, 0.3) is 5.56 Å². The largest absolute Gasteiger partial charge is 0.496 e. The molecule has 178 valence electrons. The van der Waals surface area contributed by atoms with Crippen LogP contribution in [-0.2, 0) is 0 Å². The van der Waals surface area contributed by atoms with Crippen molar-refractivity contribution in [1.29, 1.82) is 0 Å². The first-order valence-corrected chi connectivity index (χ1v) is 11.6. The van der Waals surface area contributed by atoms with Crippen molar-refractivity contribution in [2.24, 2.45) is 5.10 Å². The third-order valence-electron chi connectivity index (χ3n) is 6.00. The highest BCUT2D eigenvalue weighted by molar-refractivity contribution is 6.33. The maximum atomic E-state index is 13.6. The lowest BCUT2D eigenvalue weighted by molar-refractivity contribution is 0.174. The van der Waals surface area contributed by atoms with Gasteiger partial charge >= 0.3 is 0 Å². The Bertz CT molecular complexity index is 1540. The second kappa shape index (κ2) is 9.07. The second-order valence-corrected chi connectivity index (χ2v) is 9.01. The molecule has 0 atom stereocenters. The fourth-order valence-electron chi connectivity index (χ4n) is 4.12. The van der Waals surface area contributed by atoms with Crippen molar-refractivity contribution in [2.75, 3.05) is 13.9 Å². The van der Waals surface area contributed by atoms with Crippen molar-refractivity contribution in [3.8, 4) is 28.6 Å². The van der Waals surface area contributed by atoms with Gasteiger partial charge in [-0.3, -0.25) is 4.79 Å². The Hall–Kier alpha value is -3.84. The van der Waals surface area contributed by atoms with Gasteiger partial charge in [0, 0.05) is 17.2 Å². The molecule has 0 aliphatic carbocycles. The summed E-state index contributed by atoms with van der Waals surface area (Å²) >= 11 is 6.44. The van der Waals surface area contributed by atoms with Gasteiger partial charge in [-0.25, -0.2) is 4.98 Å². The third kappa shape index (κ3) is 4.12. The number of methoxy groups -OCH3 is 1. The number of rotatable bonds is 5. The zero-order valence-corrected chi connectivity index (χ0v) is 20.6. The van der Waals surface area contributed by atoms with E-state index in [1.54, 1.807) is 25.3 Å². The van der Waals surface area contributed by atoms with Crippen molar-refractivity contribution >= 4 is 28.7 Å². The summed E-state index contributed by atoms with van der Waals surface area (Å²) in [6.45, 7) is 6.29. The number of para-hydroxylation sites is 1. The van der Waals surface area contributed by atoms with Crippen LogP contribution in [0.4, 0.5) is 0 Å². The molecule has 0 amide bonds. The minimum atomic E-state index is -0.278. The molecule has 35 heavy (non-hydrogen) atoms. The number of halogens is 1. The van der Waals surface area contributed by atoms with E-state index in [1.807, 2.05) is 37.3 Å². The molecule has 3 aromatic carbocycles. The van der Waals surface area contributed by atoms with Gasteiger partial charge in [-0.1, -0.05) is 37.6 Å². The van der Waals surface area contributed by atoms with Gasteiger partial charge in [0.15, 0.2) is 17.3 Å². The first-order valence-electron chi connectivity index (χ1n) is 11.2. The molecule has 0 saturated heterocycles. The fraction of sp³-hybridized carbons (Fsp3) is 0.222. The Balaban J connectivity index is 1.73. The van der Waals surface area contributed by atoms with E-state index in [1.165, 1.54) is 10.9 Å². The zero-order valence-electron chi connectivity index (χ0n) is 19.8. The van der Waals surface area contributed by atoms with Gasteiger partial charge < -0.3 is 14.2 Å². The summed E-state index contributed by atoms with van der Waals surface area (Å²) in [5.74, 6) is 2.59. The van der Waals surface area contributed by atoms with Gasteiger partial charge in [0.05, 0.1) is 29.2 Å².